The SMILES string of the molecule is CCCNCC(CC(C)CCOC)c1ccccc1. The van der Waals surface area contributed by atoms with Crippen molar-refractivity contribution in [2.24, 2.45) is 5.92 Å². The summed E-state index contributed by atoms with van der Waals surface area (Å²) in [7, 11) is 1.78. The number of nitrogens with one attached hydrogen (secondary N) is 1. The lowest BCUT2D eigenvalue weighted by molar-refractivity contribution is 0.176. The van der Waals surface area contributed by atoms with Gasteiger partial charge in [0.1, 0.15) is 0 Å². The number of hydrogen-bond donors (Lipinski definition) is 1. The zero-order valence-electron chi connectivity index (χ0n) is 12.7. The van der Waals surface area contributed by atoms with Crippen LogP contribution < -0.4 is 5.32 Å². The van der Waals surface area contributed by atoms with E-state index in [4.69, 9.17) is 4.74 Å². The number of hydrogen-bond acceptors (Lipinski definition) is 2. The molecule has 0 aliphatic rings. The molecule has 1 N–H and O–H groups in total. The minimum absolute atomic E-state index is 0.611. The Hall–Kier alpha value is -0.860. The van der Waals surface area contributed by atoms with Crippen LogP contribution in [0.15, 0.2) is 30.3 Å². The normalized spacial score (nSPS) is 14.3. The van der Waals surface area contributed by atoms with Gasteiger partial charge >= 0.3 is 0 Å². The zero-order chi connectivity index (χ0) is 13.9. The van der Waals surface area contributed by atoms with Crippen molar-refractivity contribution < 1.29 is 4.74 Å². The molecule has 0 spiro atoms. The van der Waals surface area contributed by atoms with Gasteiger partial charge in [0.25, 0.3) is 0 Å². The Balaban J connectivity index is 2.54. The molecule has 0 aromatic heterocycles. The predicted molar refractivity (Wildman–Crippen MR) is 82.6 cm³/mol. The van der Waals surface area contributed by atoms with Crippen LogP contribution in [0.3, 0.4) is 0 Å². The molecule has 0 fully saturated rings. The zero-order valence-corrected chi connectivity index (χ0v) is 12.7. The molecular weight excluding hydrogens is 234 g/mol. The molecule has 0 saturated heterocycles. The van der Waals surface area contributed by atoms with Gasteiger partial charge < -0.3 is 10.1 Å². The van der Waals surface area contributed by atoms with Gasteiger partial charge in [0, 0.05) is 20.3 Å². The third kappa shape index (κ3) is 6.74. The average Bonchev–Trinajstić information content (AvgIpc) is 2.45. The highest BCUT2D eigenvalue weighted by molar-refractivity contribution is 5.19. The van der Waals surface area contributed by atoms with Crippen LogP contribution in [0.1, 0.15) is 44.6 Å². The lowest BCUT2D eigenvalue weighted by Crippen LogP contribution is -2.24. The Morgan fingerprint density at radius 3 is 2.58 bits per heavy atom. The molecule has 2 heteroatoms. The Bertz CT molecular complexity index is 312. The second-order valence-electron chi connectivity index (χ2n) is 5.43. The third-order valence-corrected chi connectivity index (χ3v) is 3.59. The lowest BCUT2D eigenvalue weighted by atomic mass is 9.88. The van der Waals surface area contributed by atoms with E-state index in [1.807, 2.05) is 0 Å². The molecule has 2 atom stereocenters. The first-order valence-electron chi connectivity index (χ1n) is 7.52. The Morgan fingerprint density at radius 1 is 1.21 bits per heavy atom. The molecule has 108 valence electrons. The highest BCUT2D eigenvalue weighted by Gasteiger charge is 2.14. The van der Waals surface area contributed by atoms with Crippen molar-refractivity contribution in [3.63, 3.8) is 0 Å². The van der Waals surface area contributed by atoms with E-state index in [9.17, 15) is 0 Å². The summed E-state index contributed by atoms with van der Waals surface area (Å²) < 4.78 is 5.18. The van der Waals surface area contributed by atoms with Gasteiger partial charge in [-0.15, -0.1) is 0 Å². The van der Waals surface area contributed by atoms with Crippen molar-refractivity contribution in [2.45, 2.75) is 39.0 Å². The van der Waals surface area contributed by atoms with Crippen LogP contribution in [0.25, 0.3) is 0 Å². The lowest BCUT2D eigenvalue weighted by Gasteiger charge is -2.22. The smallest absolute Gasteiger partial charge is 0.0464 e. The van der Waals surface area contributed by atoms with Crippen LogP contribution in [-0.4, -0.2) is 26.8 Å². The van der Waals surface area contributed by atoms with E-state index in [-0.39, 0.29) is 0 Å². The van der Waals surface area contributed by atoms with Crippen molar-refractivity contribution in [1.29, 1.82) is 0 Å². The first-order valence-corrected chi connectivity index (χ1v) is 7.52. The van der Waals surface area contributed by atoms with E-state index >= 15 is 0 Å². The molecule has 19 heavy (non-hydrogen) atoms. The van der Waals surface area contributed by atoms with Crippen molar-refractivity contribution >= 4 is 0 Å². The van der Waals surface area contributed by atoms with E-state index in [1.54, 1.807) is 7.11 Å². The summed E-state index contributed by atoms with van der Waals surface area (Å²) in [5.41, 5.74) is 1.45. The molecular formula is C17H29NO. The molecule has 1 rings (SSSR count). The standard InChI is InChI=1S/C17H29NO/c1-4-11-18-14-17(13-15(2)10-12-19-3)16-8-6-5-7-9-16/h5-9,15,17-18H,4,10-14H2,1-3H3. The monoisotopic (exact) mass is 263 g/mol. The Kier molecular flexibility index (Phi) is 8.52. The molecule has 0 amide bonds. The van der Waals surface area contributed by atoms with Gasteiger partial charge in [0.15, 0.2) is 0 Å². The summed E-state index contributed by atoms with van der Waals surface area (Å²) in [5.74, 6) is 1.31. The summed E-state index contributed by atoms with van der Waals surface area (Å²) in [6, 6.07) is 10.9. The number of ether oxygens (including phenoxy) is 1. The maximum atomic E-state index is 5.18. The van der Waals surface area contributed by atoms with Gasteiger partial charge in [-0.2, -0.15) is 0 Å². The van der Waals surface area contributed by atoms with Crippen molar-refractivity contribution in [2.75, 3.05) is 26.8 Å². The number of rotatable bonds is 10. The van der Waals surface area contributed by atoms with Crippen LogP contribution in [0, 0.1) is 5.92 Å². The topological polar surface area (TPSA) is 21.3 Å². The molecule has 0 radical (unpaired) electrons. The maximum Gasteiger partial charge on any atom is 0.0464 e. The Labute approximate surface area is 118 Å². The van der Waals surface area contributed by atoms with E-state index in [2.05, 4.69) is 49.5 Å². The molecule has 1 aromatic rings. The summed E-state index contributed by atoms with van der Waals surface area (Å²) in [6.45, 7) is 7.59. The maximum absolute atomic E-state index is 5.18. The highest BCUT2D eigenvalue weighted by Crippen LogP contribution is 2.24. The summed E-state index contributed by atoms with van der Waals surface area (Å²) in [5, 5.41) is 3.56. The molecule has 0 saturated carbocycles. The van der Waals surface area contributed by atoms with Gasteiger partial charge in [-0.05, 0) is 43.2 Å². The molecule has 0 aliphatic heterocycles. The number of methoxy groups -OCH3 is 1. The summed E-state index contributed by atoms with van der Waals surface area (Å²) >= 11 is 0. The molecule has 2 unspecified atom stereocenters. The molecule has 1 aromatic carbocycles. The van der Waals surface area contributed by atoms with E-state index in [0.717, 1.165) is 26.1 Å². The summed E-state index contributed by atoms with van der Waals surface area (Å²) in [4.78, 5) is 0. The number of benzene rings is 1. The van der Waals surface area contributed by atoms with E-state index < -0.39 is 0 Å². The summed E-state index contributed by atoms with van der Waals surface area (Å²) in [6.07, 6.45) is 3.57. The first kappa shape index (κ1) is 16.2. The Morgan fingerprint density at radius 2 is 1.95 bits per heavy atom. The van der Waals surface area contributed by atoms with Crippen LogP contribution in [0.5, 0.6) is 0 Å². The fraction of sp³-hybridized carbons (Fsp3) is 0.647. The molecule has 0 heterocycles. The molecule has 0 aliphatic carbocycles. The molecule has 0 bridgehead atoms. The predicted octanol–water partition coefficient (Wildman–Crippen LogP) is 3.83. The van der Waals surface area contributed by atoms with Gasteiger partial charge in [0.05, 0.1) is 0 Å². The fourth-order valence-corrected chi connectivity index (χ4v) is 2.44. The average molecular weight is 263 g/mol. The van der Waals surface area contributed by atoms with Crippen LogP contribution >= 0.6 is 0 Å². The third-order valence-electron chi connectivity index (χ3n) is 3.59. The van der Waals surface area contributed by atoms with Crippen molar-refractivity contribution in [3.05, 3.63) is 35.9 Å². The van der Waals surface area contributed by atoms with Gasteiger partial charge in [-0.3, -0.25) is 0 Å². The van der Waals surface area contributed by atoms with Crippen LogP contribution in [-0.2, 0) is 4.74 Å². The van der Waals surface area contributed by atoms with E-state index in [0.29, 0.717) is 11.8 Å². The second-order valence-corrected chi connectivity index (χ2v) is 5.43. The van der Waals surface area contributed by atoms with Crippen LogP contribution in [0.2, 0.25) is 0 Å². The second kappa shape index (κ2) is 9.99. The highest BCUT2D eigenvalue weighted by atomic mass is 16.5. The molecule has 2 nitrogen and oxygen atoms in total. The van der Waals surface area contributed by atoms with Crippen LogP contribution in [0.4, 0.5) is 0 Å². The van der Waals surface area contributed by atoms with Crippen molar-refractivity contribution in [3.8, 4) is 0 Å². The fourth-order valence-electron chi connectivity index (χ4n) is 2.44. The first-order chi connectivity index (χ1) is 9.27. The minimum atomic E-state index is 0.611. The minimum Gasteiger partial charge on any atom is -0.385 e. The van der Waals surface area contributed by atoms with Crippen molar-refractivity contribution in [1.82, 2.24) is 5.32 Å². The van der Waals surface area contributed by atoms with Gasteiger partial charge in [-0.25, -0.2) is 0 Å². The van der Waals surface area contributed by atoms with Gasteiger partial charge in [0.2, 0.25) is 0 Å². The van der Waals surface area contributed by atoms with E-state index in [1.165, 1.54) is 18.4 Å². The largest absolute Gasteiger partial charge is 0.385 e. The quantitative estimate of drug-likeness (QED) is 0.648. The van der Waals surface area contributed by atoms with Gasteiger partial charge in [-0.1, -0.05) is 44.2 Å².